The molecule has 0 bridgehead atoms. The van der Waals surface area contributed by atoms with Crippen molar-refractivity contribution in [2.75, 3.05) is 24.7 Å². The molecule has 0 fully saturated rings. The van der Waals surface area contributed by atoms with Gasteiger partial charge in [-0.2, -0.15) is 0 Å². The zero-order chi connectivity index (χ0) is 13.7. The number of nitrogens with zero attached hydrogens (tertiary/aromatic N) is 1. The van der Waals surface area contributed by atoms with Crippen molar-refractivity contribution >= 4 is 17.7 Å². The van der Waals surface area contributed by atoms with E-state index in [2.05, 4.69) is 12.1 Å². The fraction of sp³-hybridized carbons (Fsp3) is 0.500. The third-order valence-electron chi connectivity index (χ3n) is 3.23. The minimum atomic E-state index is -0.736. The third kappa shape index (κ3) is 3.96. The van der Waals surface area contributed by atoms with Crippen molar-refractivity contribution in [3.8, 4) is 0 Å². The SMILES string of the molecule is O=C(CSCC(O)CO)N1CCc2ccccc2C1. The smallest absolute Gasteiger partial charge is 0.232 e. The van der Waals surface area contributed by atoms with E-state index in [1.165, 1.54) is 22.9 Å². The first kappa shape index (κ1) is 14.4. The second-order valence-electron chi connectivity index (χ2n) is 4.69. The Labute approximate surface area is 117 Å². The van der Waals surface area contributed by atoms with Crippen LogP contribution in [0.3, 0.4) is 0 Å². The number of aliphatic hydroxyl groups is 2. The number of aliphatic hydroxyl groups excluding tert-OH is 2. The molecule has 2 N–H and O–H groups in total. The summed E-state index contributed by atoms with van der Waals surface area (Å²) in [6.45, 7) is 1.19. The average Bonchev–Trinajstić information content (AvgIpc) is 2.46. The van der Waals surface area contributed by atoms with Crippen LogP contribution in [0.4, 0.5) is 0 Å². The molecule has 1 aliphatic rings. The molecule has 1 aromatic rings. The van der Waals surface area contributed by atoms with Crippen molar-refractivity contribution in [2.45, 2.75) is 19.1 Å². The van der Waals surface area contributed by atoms with Crippen molar-refractivity contribution in [1.29, 1.82) is 0 Å². The quantitative estimate of drug-likeness (QED) is 0.832. The Bertz CT molecular complexity index is 438. The lowest BCUT2D eigenvalue weighted by Gasteiger charge is -2.28. The Morgan fingerprint density at radius 2 is 2.11 bits per heavy atom. The van der Waals surface area contributed by atoms with Crippen LogP contribution in [-0.4, -0.2) is 51.8 Å². The number of thioether (sulfide) groups is 1. The Morgan fingerprint density at radius 1 is 1.37 bits per heavy atom. The molecule has 0 saturated carbocycles. The Kier molecular flexibility index (Phi) is 5.24. The molecule has 1 atom stereocenters. The molecule has 0 saturated heterocycles. The van der Waals surface area contributed by atoms with Gasteiger partial charge in [-0.15, -0.1) is 11.8 Å². The van der Waals surface area contributed by atoms with Crippen LogP contribution in [-0.2, 0) is 17.8 Å². The molecule has 2 rings (SSSR count). The van der Waals surface area contributed by atoms with E-state index in [1.54, 1.807) is 0 Å². The first-order valence-corrected chi connectivity index (χ1v) is 7.57. The van der Waals surface area contributed by atoms with Gasteiger partial charge in [-0.1, -0.05) is 24.3 Å². The number of benzene rings is 1. The van der Waals surface area contributed by atoms with Crippen LogP contribution >= 0.6 is 11.8 Å². The summed E-state index contributed by atoms with van der Waals surface area (Å²) in [5, 5.41) is 17.9. The van der Waals surface area contributed by atoms with E-state index in [1.807, 2.05) is 17.0 Å². The van der Waals surface area contributed by atoms with E-state index < -0.39 is 6.10 Å². The van der Waals surface area contributed by atoms with Crippen molar-refractivity contribution in [3.63, 3.8) is 0 Å². The topological polar surface area (TPSA) is 60.8 Å². The molecule has 1 heterocycles. The number of amides is 1. The van der Waals surface area contributed by atoms with Crippen LogP contribution in [0.15, 0.2) is 24.3 Å². The number of hydrogen-bond donors (Lipinski definition) is 2. The molecule has 4 nitrogen and oxygen atoms in total. The van der Waals surface area contributed by atoms with Gasteiger partial charge in [0.2, 0.25) is 5.91 Å². The van der Waals surface area contributed by atoms with Gasteiger partial charge in [0.1, 0.15) is 0 Å². The lowest BCUT2D eigenvalue weighted by atomic mass is 10.00. The molecule has 0 radical (unpaired) electrons. The maximum Gasteiger partial charge on any atom is 0.232 e. The number of carbonyl (C=O) groups is 1. The molecule has 1 unspecified atom stereocenters. The van der Waals surface area contributed by atoms with Gasteiger partial charge >= 0.3 is 0 Å². The van der Waals surface area contributed by atoms with E-state index in [0.29, 0.717) is 18.1 Å². The first-order chi connectivity index (χ1) is 9.20. The molecular formula is C14H19NO3S. The van der Waals surface area contributed by atoms with Gasteiger partial charge in [0.05, 0.1) is 18.5 Å². The lowest BCUT2D eigenvalue weighted by Crippen LogP contribution is -2.37. The van der Waals surface area contributed by atoms with Crippen LogP contribution in [0.25, 0.3) is 0 Å². The summed E-state index contributed by atoms with van der Waals surface area (Å²) in [6, 6.07) is 8.21. The summed E-state index contributed by atoms with van der Waals surface area (Å²) in [4.78, 5) is 13.9. The monoisotopic (exact) mass is 281 g/mol. The normalized spacial score (nSPS) is 16.0. The highest BCUT2D eigenvalue weighted by molar-refractivity contribution is 7.99. The molecule has 1 aromatic carbocycles. The summed E-state index contributed by atoms with van der Waals surface area (Å²) in [5.74, 6) is 0.857. The predicted molar refractivity (Wildman–Crippen MR) is 76.0 cm³/mol. The minimum absolute atomic E-state index is 0.102. The van der Waals surface area contributed by atoms with E-state index in [9.17, 15) is 9.90 Å². The Morgan fingerprint density at radius 3 is 2.84 bits per heavy atom. The van der Waals surface area contributed by atoms with E-state index in [0.717, 1.165) is 13.0 Å². The van der Waals surface area contributed by atoms with Gasteiger partial charge in [0, 0.05) is 18.8 Å². The van der Waals surface area contributed by atoms with Crippen molar-refractivity contribution < 1.29 is 15.0 Å². The molecule has 0 spiro atoms. The third-order valence-corrected chi connectivity index (χ3v) is 4.30. The number of hydrogen-bond acceptors (Lipinski definition) is 4. The van der Waals surface area contributed by atoms with Gasteiger partial charge in [-0.3, -0.25) is 4.79 Å². The van der Waals surface area contributed by atoms with Crippen LogP contribution in [0.2, 0.25) is 0 Å². The molecule has 0 aromatic heterocycles. The molecule has 104 valence electrons. The zero-order valence-electron chi connectivity index (χ0n) is 10.8. The van der Waals surface area contributed by atoms with Gasteiger partial charge in [-0.25, -0.2) is 0 Å². The number of carbonyl (C=O) groups excluding carboxylic acids is 1. The van der Waals surface area contributed by atoms with Gasteiger partial charge in [0.25, 0.3) is 0 Å². The Balaban J connectivity index is 1.82. The molecule has 19 heavy (non-hydrogen) atoms. The van der Waals surface area contributed by atoms with E-state index in [4.69, 9.17) is 5.11 Å². The fourth-order valence-corrected chi connectivity index (χ4v) is 2.99. The van der Waals surface area contributed by atoms with Crippen molar-refractivity contribution in [1.82, 2.24) is 4.90 Å². The van der Waals surface area contributed by atoms with Crippen LogP contribution in [0.5, 0.6) is 0 Å². The standard InChI is InChI=1S/C14H19NO3S/c16-8-13(17)9-19-10-14(18)15-6-5-11-3-1-2-4-12(11)7-15/h1-4,13,16-17H,5-10H2. The largest absolute Gasteiger partial charge is 0.394 e. The molecule has 0 aliphatic carbocycles. The average molecular weight is 281 g/mol. The van der Waals surface area contributed by atoms with Crippen molar-refractivity contribution in [2.24, 2.45) is 0 Å². The lowest BCUT2D eigenvalue weighted by molar-refractivity contribution is -0.129. The molecule has 1 amide bonds. The summed E-state index contributed by atoms with van der Waals surface area (Å²) >= 11 is 1.37. The second-order valence-corrected chi connectivity index (χ2v) is 5.72. The van der Waals surface area contributed by atoms with E-state index in [-0.39, 0.29) is 12.5 Å². The van der Waals surface area contributed by atoms with Crippen LogP contribution in [0, 0.1) is 0 Å². The van der Waals surface area contributed by atoms with Crippen LogP contribution < -0.4 is 0 Å². The van der Waals surface area contributed by atoms with Gasteiger partial charge in [-0.05, 0) is 17.5 Å². The molecule has 1 aliphatic heterocycles. The highest BCUT2D eigenvalue weighted by Crippen LogP contribution is 2.19. The second kappa shape index (κ2) is 6.93. The van der Waals surface area contributed by atoms with E-state index >= 15 is 0 Å². The van der Waals surface area contributed by atoms with Crippen molar-refractivity contribution in [3.05, 3.63) is 35.4 Å². The summed E-state index contributed by atoms with van der Waals surface area (Å²) in [7, 11) is 0. The predicted octanol–water partition coefficient (Wildman–Crippen LogP) is 0.658. The summed E-state index contributed by atoms with van der Waals surface area (Å²) < 4.78 is 0. The van der Waals surface area contributed by atoms with Gasteiger partial charge < -0.3 is 15.1 Å². The first-order valence-electron chi connectivity index (χ1n) is 6.42. The minimum Gasteiger partial charge on any atom is -0.394 e. The maximum atomic E-state index is 12.0. The fourth-order valence-electron chi connectivity index (χ4n) is 2.13. The highest BCUT2D eigenvalue weighted by Gasteiger charge is 2.20. The number of rotatable bonds is 5. The maximum absolute atomic E-state index is 12.0. The summed E-state index contributed by atoms with van der Waals surface area (Å²) in [6.07, 6.45) is 0.172. The van der Waals surface area contributed by atoms with Gasteiger partial charge in [0.15, 0.2) is 0 Å². The molecular weight excluding hydrogens is 262 g/mol. The zero-order valence-corrected chi connectivity index (χ0v) is 11.6. The number of fused-ring (bicyclic) bond motifs is 1. The molecule has 5 heteroatoms. The summed E-state index contributed by atoms with van der Waals surface area (Å²) in [5.41, 5.74) is 2.55. The van der Waals surface area contributed by atoms with Crippen LogP contribution in [0.1, 0.15) is 11.1 Å². The Hall–Kier alpha value is -1.04. The highest BCUT2D eigenvalue weighted by atomic mass is 32.2.